The summed E-state index contributed by atoms with van der Waals surface area (Å²) < 4.78 is 29.4. The molecular weight excluding hydrogens is 406 g/mol. The molecule has 7 nitrogen and oxygen atoms in total. The lowest BCUT2D eigenvalue weighted by Gasteiger charge is -2.25. The van der Waals surface area contributed by atoms with Gasteiger partial charge in [-0.25, -0.2) is 13.4 Å². The summed E-state index contributed by atoms with van der Waals surface area (Å²) in [4.78, 5) is 19.1. The van der Waals surface area contributed by atoms with Crippen LogP contribution in [0, 0.1) is 0 Å². The second kappa shape index (κ2) is 7.94. The van der Waals surface area contributed by atoms with E-state index < -0.39 is 9.84 Å². The van der Waals surface area contributed by atoms with Crippen molar-refractivity contribution < 1.29 is 17.9 Å². The Hall–Kier alpha value is -1.36. The summed E-state index contributed by atoms with van der Waals surface area (Å²) >= 11 is 3.04. The van der Waals surface area contributed by atoms with E-state index in [9.17, 15) is 13.2 Å². The highest BCUT2D eigenvalue weighted by atomic mass is 32.2. The molecule has 0 radical (unpaired) electrons. The van der Waals surface area contributed by atoms with Crippen LogP contribution in [0.4, 0.5) is 10.8 Å². The molecule has 0 bridgehead atoms. The van der Waals surface area contributed by atoms with E-state index in [1.54, 1.807) is 11.3 Å². The van der Waals surface area contributed by atoms with Crippen molar-refractivity contribution in [3.63, 3.8) is 0 Å². The fraction of sp³-hybridized carbons (Fsp3) is 0.529. The van der Waals surface area contributed by atoms with Crippen LogP contribution in [0.3, 0.4) is 0 Å². The number of nitrogens with one attached hydrogen (secondary N) is 1. The second-order valence-corrected chi connectivity index (χ2v) is 11.2. The van der Waals surface area contributed by atoms with E-state index in [0.29, 0.717) is 6.42 Å². The Morgan fingerprint density at radius 1 is 1.37 bits per heavy atom. The first-order chi connectivity index (χ1) is 13.0. The van der Waals surface area contributed by atoms with Crippen LogP contribution >= 0.6 is 23.1 Å². The minimum Gasteiger partial charge on any atom is -0.378 e. The predicted molar refractivity (Wildman–Crippen MR) is 111 cm³/mol. The number of thioether (sulfide) groups is 1. The number of aromatic nitrogens is 1. The van der Waals surface area contributed by atoms with Crippen LogP contribution in [0.15, 0.2) is 18.2 Å². The standard InChI is InChI=1S/C17H21N3O4S3/c21-16(10-25-13-3-8-27(22,23)11-13)18-12-1-2-14-15(9-12)26-17(19-14)20-4-6-24-7-5-20/h1-2,9,13H,3-8,10-11H2,(H,18,21). The smallest absolute Gasteiger partial charge is 0.234 e. The van der Waals surface area contributed by atoms with Crippen molar-refractivity contribution in [3.8, 4) is 0 Å². The maximum absolute atomic E-state index is 12.2. The van der Waals surface area contributed by atoms with Gasteiger partial charge in [0.2, 0.25) is 5.91 Å². The molecule has 1 amide bonds. The average molecular weight is 428 g/mol. The maximum Gasteiger partial charge on any atom is 0.234 e. The van der Waals surface area contributed by atoms with Gasteiger partial charge in [0.25, 0.3) is 0 Å². The molecule has 0 saturated carbocycles. The van der Waals surface area contributed by atoms with E-state index >= 15 is 0 Å². The Labute approximate surface area is 166 Å². The summed E-state index contributed by atoms with van der Waals surface area (Å²) in [5, 5.41) is 3.91. The number of fused-ring (bicyclic) bond motifs is 1. The third-order valence-electron chi connectivity index (χ3n) is 4.58. The summed E-state index contributed by atoms with van der Waals surface area (Å²) in [6, 6.07) is 5.72. The van der Waals surface area contributed by atoms with E-state index in [-0.39, 0.29) is 28.4 Å². The first kappa shape index (κ1) is 19.0. The number of carbonyl (C=O) groups excluding carboxylic acids is 1. The molecule has 0 aliphatic carbocycles. The molecule has 2 aliphatic heterocycles. The number of anilines is 2. The van der Waals surface area contributed by atoms with Gasteiger partial charge in [-0.15, -0.1) is 11.8 Å². The number of hydrogen-bond donors (Lipinski definition) is 1. The highest BCUT2D eigenvalue weighted by Crippen LogP contribution is 2.31. The molecule has 1 N–H and O–H groups in total. The zero-order valence-electron chi connectivity index (χ0n) is 14.7. The summed E-state index contributed by atoms with van der Waals surface area (Å²) in [7, 11) is -2.90. The molecule has 1 atom stereocenters. The maximum atomic E-state index is 12.2. The number of rotatable bonds is 5. The largest absolute Gasteiger partial charge is 0.378 e. The highest BCUT2D eigenvalue weighted by molar-refractivity contribution is 8.02. The van der Waals surface area contributed by atoms with Crippen LogP contribution in [-0.2, 0) is 19.4 Å². The molecule has 2 fully saturated rings. The Kier molecular flexibility index (Phi) is 5.58. The predicted octanol–water partition coefficient (Wildman–Crippen LogP) is 1.99. The summed E-state index contributed by atoms with van der Waals surface area (Å²) in [6.07, 6.45) is 0.636. The van der Waals surface area contributed by atoms with E-state index in [4.69, 9.17) is 4.74 Å². The molecule has 10 heteroatoms. The van der Waals surface area contributed by atoms with Gasteiger partial charge in [-0.3, -0.25) is 4.79 Å². The number of ether oxygens (including phenoxy) is 1. The minimum atomic E-state index is -2.90. The van der Waals surface area contributed by atoms with Crippen molar-refractivity contribution in [2.24, 2.45) is 0 Å². The number of morpholine rings is 1. The molecule has 2 aliphatic rings. The van der Waals surface area contributed by atoms with Gasteiger partial charge in [-0.1, -0.05) is 11.3 Å². The number of sulfone groups is 1. The van der Waals surface area contributed by atoms with Crippen LogP contribution in [-0.4, -0.2) is 68.1 Å². The number of benzene rings is 1. The molecule has 0 spiro atoms. The molecule has 2 aromatic rings. The summed E-state index contributed by atoms with van der Waals surface area (Å²) in [5.41, 5.74) is 1.66. The Bertz CT molecular complexity index is 938. The van der Waals surface area contributed by atoms with Crippen molar-refractivity contribution >= 4 is 59.9 Å². The lowest BCUT2D eigenvalue weighted by Crippen LogP contribution is -2.36. The zero-order valence-corrected chi connectivity index (χ0v) is 17.2. The first-order valence-corrected chi connectivity index (χ1v) is 12.5. The van der Waals surface area contributed by atoms with E-state index in [2.05, 4.69) is 15.2 Å². The Morgan fingerprint density at radius 2 is 2.19 bits per heavy atom. The first-order valence-electron chi connectivity index (χ1n) is 8.84. The molecule has 2 saturated heterocycles. The fourth-order valence-corrected chi connectivity index (χ4v) is 7.66. The molecule has 146 valence electrons. The van der Waals surface area contributed by atoms with E-state index in [1.165, 1.54) is 11.8 Å². The molecule has 27 heavy (non-hydrogen) atoms. The highest BCUT2D eigenvalue weighted by Gasteiger charge is 2.28. The topological polar surface area (TPSA) is 88.6 Å². The molecule has 4 rings (SSSR count). The van der Waals surface area contributed by atoms with Crippen molar-refractivity contribution in [2.45, 2.75) is 11.7 Å². The van der Waals surface area contributed by atoms with Crippen molar-refractivity contribution in [1.29, 1.82) is 0 Å². The lowest BCUT2D eigenvalue weighted by molar-refractivity contribution is -0.113. The molecule has 1 aromatic carbocycles. The van der Waals surface area contributed by atoms with Crippen molar-refractivity contribution in [1.82, 2.24) is 4.98 Å². The van der Waals surface area contributed by atoms with Crippen LogP contribution in [0.25, 0.3) is 10.2 Å². The third kappa shape index (κ3) is 4.74. The van der Waals surface area contributed by atoms with Gasteiger partial charge < -0.3 is 15.0 Å². The quantitative estimate of drug-likeness (QED) is 0.781. The Balaban J connectivity index is 1.36. The van der Waals surface area contributed by atoms with E-state index in [0.717, 1.165) is 47.3 Å². The third-order valence-corrected chi connectivity index (χ3v) is 8.94. The summed E-state index contributed by atoms with van der Waals surface area (Å²) in [6.45, 7) is 3.13. The van der Waals surface area contributed by atoms with E-state index in [1.807, 2.05) is 18.2 Å². The van der Waals surface area contributed by atoms with Gasteiger partial charge in [0.1, 0.15) is 0 Å². The van der Waals surface area contributed by atoms with Gasteiger partial charge in [0.05, 0.1) is 40.7 Å². The van der Waals surface area contributed by atoms with Gasteiger partial charge >= 0.3 is 0 Å². The number of thiazole rings is 1. The van der Waals surface area contributed by atoms with Gasteiger partial charge in [0.15, 0.2) is 15.0 Å². The molecule has 3 heterocycles. The summed E-state index contributed by atoms with van der Waals surface area (Å²) in [5.74, 6) is 0.573. The van der Waals surface area contributed by atoms with Crippen LogP contribution in [0.2, 0.25) is 0 Å². The lowest BCUT2D eigenvalue weighted by atomic mass is 10.3. The van der Waals surface area contributed by atoms with Crippen LogP contribution in [0.5, 0.6) is 0 Å². The average Bonchev–Trinajstić information content (AvgIpc) is 3.23. The number of carbonyl (C=O) groups is 1. The molecular formula is C17H21N3O4S3. The fourth-order valence-electron chi connectivity index (χ4n) is 3.16. The van der Waals surface area contributed by atoms with Crippen LogP contribution < -0.4 is 10.2 Å². The molecule has 1 aromatic heterocycles. The zero-order chi connectivity index (χ0) is 18.9. The van der Waals surface area contributed by atoms with Crippen molar-refractivity contribution in [3.05, 3.63) is 18.2 Å². The normalized spacial score (nSPS) is 22.2. The monoisotopic (exact) mass is 427 g/mol. The van der Waals surface area contributed by atoms with Gasteiger partial charge in [-0.2, -0.15) is 0 Å². The number of hydrogen-bond acceptors (Lipinski definition) is 8. The number of nitrogens with zero attached hydrogens (tertiary/aromatic N) is 2. The molecule has 1 unspecified atom stereocenters. The second-order valence-electron chi connectivity index (χ2n) is 6.66. The minimum absolute atomic E-state index is 0.0285. The number of amides is 1. The van der Waals surface area contributed by atoms with Crippen molar-refractivity contribution in [2.75, 3.05) is 53.8 Å². The Morgan fingerprint density at radius 3 is 2.93 bits per heavy atom. The van der Waals surface area contributed by atoms with Crippen LogP contribution in [0.1, 0.15) is 6.42 Å². The van der Waals surface area contributed by atoms with Gasteiger partial charge in [0, 0.05) is 24.0 Å². The SMILES string of the molecule is O=C(CSC1CCS(=O)(=O)C1)Nc1ccc2nc(N3CCOCC3)sc2c1. The van der Waals surface area contributed by atoms with Gasteiger partial charge in [-0.05, 0) is 24.6 Å².